The van der Waals surface area contributed by atoms with Crippen molar-refractivity contribution in [3.63, 3.8) is 0 Å². The van der Waals surface area contributed by atoms with E-state index in [1.54, 1.807) is 0 Å². The van der Waals surface area contributed by atoms with E-state index in [0.717, 1.165) is 51.7 Å². The van der Waals surface area contributed by atoms with E-state index in [4.69, 9.17) is 0 Å². The summed E-state index contributed by atoms with van der Waals surface area (Å²) in [6.07, 6.45) is 7.66. The highest BCUT2D eigenvalue weighted by molar-refractivity contribution is 5.92. The van der Waals surface area contributed by atoms with E-state index >= 15 is 0 Å². The van der Waals surface area contributed by atoms with Crippen LogP contribution in [-0.2, 0) is 9.59 Å². The lowest BCUT2D eigenvalue weighted by Crippen LogP contribution is -2.45. The SMILES string of the molecule is CCC1CCCCN1C(=O)C1CC1C(=O)N1CCCC(C)C1. The summed E-state index contributed by atoms with van der Waals surface area (Å²) in [6, 6.07) is 0.410. The average molecular weight is 306 g/mol. The molecule has 1 saturated carbocycles. The highest BCUT2D eigenvalue weighted by Crippen LogP contribution is 2.43. The standard InChI is InChI=1S/C18H30N2O2/c1-3-14-8-4-5-10-20(14)18(22)16-11-15(16)17(21)19-9-6-7-13(2)12-19/h13-16H,3-12H2,1-2H3. The molecule has 0 aromatic heterocycles. The summed E-state index contributed by atoms with van der Waals surface area (Å²) in [5.41, 5.74) is 0. The fourth-order valence-electron chi connectivity index (χ4n) is 4.29. The number of carbonyl (C=O) groups is 2. The molecule has 0 aromatic carbocycles. The maximum atomic E-state index is 12.7. The van der Waals surface area contributed by atoms with Crippen LogP contribution in [0.25, 0.3) is 0 Å². The molecule has 22 heavy (non-hydrogen) atoms. The smallest absolute Gasteiger partial charge is 0.226 e. The van der Waals surface area contributed by atoms with Crippen molar-refractivity contribution >= 4 is 11.8 Å². The molecule has 3 fully saturated rings. The number of piperidine rings is 2. The number of amides is 2. The van der Waals surface area contributed by atoms with Gasteiger partial charge in [-0.2, -0.15) is 0 Å². The number of rotatable bonds is 3. The molecule has 2 heterocycles. The van der Waals surface area contributed by atoms with Crippen LogP contribution in [0.5, 0.6) is 0 Å². The minimum atomic E-state index is -0.0168. The largest absolute Gasteiger partial charge is 0.342 e. The topological polar surface area (TPSA) is 40.6 Å². The maximum absolute atomic E-state index is 12.7. The Morgan fingerprint density at radius 2 is 1.77 bits per heavy atom. The van der Waals surface area contributed by atoms with E-state index < -0.39 is 0 Å². The van der Waals surface area contributed by atoms with Crippen molar-refractivity contribution in [2.45, 2.75) is 64.8 Å². The zero-order chi connectivity index (χ0) is 15.7. The quantitative estimate of drug-likeness (QED) is 0.804. The summed E-state index contributed by atoms with van der Waals surface area (Å²) < 4.78 is 0. The van der Waals surface area contributed by atoms with Crippen LogP contribution < -0.4 is 0 Å². The van der Waals surface area contributed by atoms with Gasteiger partial charge in [0.2, 0.25) is 11.8 Å². The summed E-state index contributed by atoms with van der Waals surface area (Å²) in [5, 5.41) is 0. The Balaban J connectivity index is 1.56. The van der Waals surface area contributed by atoms with Gasteiger partial charge in [0, 0.05) is 25.7 Å². The van der Waals surface area contributed by atoms with Gasteiger partial charge in [0.1, 0.15) is 0 Å². The van der Waals surface area contributed by atoms with Gasteiger partial charge in [-0.1, -0.05) is 13.8 Å². The summed E-state index contributed by atoms with van der Waals surface area (Å²) >= 11 is 0. The highest BCUT2D eigenvalue weighted by atomic mass is 16.2. The minimum Gasteiger partial charge on any atom is -0.342 e. The van der Waals surface area contributed by atoms with Gasteiger partial charge in [0.15, 0.2) is 0 Å². The Morgan fingerprint density at radius 3 is 2.50 bits per heavy atom. The second-order valence-corrected chi connectivity index (χ2v) is 7.57. The Morgan fingerprint density at radius 1 is 1.00 bits per heavy atom. The molecule has 0 spiro atoms. The molecule has 4 atom stereocenters. The maximum Gasteiger partial charge on any atom is 0.226 e. The van der Waals surface area contributed by atoms with Gasteiger partial charge in [-0.15, -0.1) is 0 Å². The van der Waals surface area contributed by atoms with Crippen LogP contribution in [0, 0.1) is 17.8 Å². The van der Waals surface area contributed by atoms with Crippen LogP contribution in [0.3, 0.4) is 0 Å². The predicted molar refractivity (Wildman–Crippen MR) is 86.2 cm³/mol. The monoisotopic (exact) mass is 306 g/mol. The first kappa shape index (κ1) is 15.8. The van der Waals surface area contributed by atoms with Crippen LogP contribution in [0.2, 0.25) is 0 Å². The van der Waals surface area contributed by atoms with Crippen LogP contribution >= 0.6 is 0 Å². The molecule has 0 radical (unpaired) electrons. The molecule has 1 aliphatic carbocycles. The second kappa shape index (κ2) is 6.59. The van der Waals surface area contributed by atoms with E-state index in [9.17, 15) is 9.59 Å². The third-order valence-electron chi connectivity index (χ3n) is 5.77. The van der Waals surface area contributed by atoms with Crippen molar-refractivity contribution in [1.29, 1.82) is 0 Å². The Hall–Kier alpha value is -1.06. The third kappa shape index (κ3) is 3.16. The van der Waals surface area contributed by atoms with E-state index in [1.165, 1.54) is 12.8 Å². The molecule has 2 aliphatic heterocycles. The zero-order valence-electron chi connectivity index (χ0n) is 14.1. The van der Waals surface area contributed by atoms with E-state index in [0.29, 0.717) is 12.0 Å². The van der Waals surface area contributed by atoms with Crippen molar-refractivity contribution in [3.8, 4) is 0 Å². The molecule has 0 aromatic rings. The molecule has 2 amide bonds. The van der Waals surface area contributed by atoms with Gasteiger partial charge < -0.3 is 9.80 Å². The van der Waals surface area contributed by atoms with Crippen molar-refractivity contribution in [2.75, 3.05) is 19.6 Å². The van der Waals surface area contributed by atoms with Crippen molar-refractivity contribution in [2.24, 2.45) is 17.8 Å². The molecule has 0 bridgehead atoms. The minimum absolute atomic E-state index is 0.0165. The zero-order valence-corrected chi connectivity index (χ0v) is 14.1. The lowest BCUT2D eigenvalue weighted by molar-refractivity contribution is -0.141. The molecular weight excluding hydrogens is 276 g/mol. The van der Waals surface area contributed by atoms with Gasteiger partial charge in [-0.25, -0.2) is 0 Å². The molecule has 3 aliphatic rings. The Bertz CT molecular complexity index is 437. The van der Waals surface area contributed by atoms with Crippen molar-refractivity contribution < 1.29 is 9.59 Å². The molecule has 3 rings (SSSR count). The average Bonchev–Trinajstić information content (AvgIpc) is 3.34. The van der Waals surface area contributed by atoms with Gasteiger partial charge in [0.05, 0.1) is 11.8 Å². The molecule has 4 nitrogen and oxygen atoms in total. The first-order valence-electron chi connectivity index (χ1n) is 9.21. The molecular formula is C18H30N2O2. The number of hydrogen-bond acceptors (Lipinski definition) is 2. The van der Waals surface area contributed by atoms with Crippen molar-refractivity contribution in [3.05, 3.63) is 0 Å². The lowest BCUT2D eigenvalue weighted by atomic mass is 9.98. The fourth-order valence-corrected chi connectivity index (χ4v) is 4.29. The molecule has 124 valence electrons. The van der Waals surface area contributed by atoms with Gasteiger partial charge in [-0.3, -0.25) is 9.59 Å². The fraction of sp³-hybridized carbons (Fsp3) is 0.889. The lowest BCUT2D eigenvalue weighted by Gasteiger charge is -2.36. The Kier molecular flexibility index (Phi) is 4.74. The van der Waals surface area contributed by atoms with E-state index in [1.807, 2.05) is 4.90 Å². The van der Waals surface area contributed by atoms with Gasteiger partial charge >= 0.3 is 0 Å². The third-order valence-corrected chi connectivity index (χ3v) is 5.77. The van der Waals surface area contributed by atoms with Crippen LogP contribution in [0.4, 0.5) is 0 Å². The predicted octanol–water partition coefficient (Wildman–Crippen LogP) is 2.67. The number of likely N-dealkylation sites (tertiary alicyclic amines) is 2. The van der Waals surface area contributed by atoms with Crippen LogP contribution in [0.15, 0.2) is 0 Å². The molecule has 4 heteroatoms. The highest BCUT2D eigenvalue weighted by Gasteiger charge is 2.51. The Labute approximate surface area is 134 Å². The van der Waals surface area contributed by atoms with Crippen LogP contribution in [0.1, 0.15) is 58.8 Å². The molecule has 2 saturated heterocycles. The summed E-state index contributed by atoms with van der Waals surface area (Å²) in [5.74, 6) is 1.08. The van der Waals surface area contributed by atoms with Gasteiger partial charge in [0.25, 0.3) is 0 Å². The van der Waals surface area contributed by atoms with E-state index in [-0.39, 0.29) is 23.7 Å². The van der Waals surface area contributed by atoms with Crippen LogP contribution in [-0.4, -0.2) is 47.3 Å². The first-order valence-corrected chi connectivity index (χ1v) is 9.21. The number of nitrogens with zero attached hydrogens (tertiary/aromatic N) is 2. The second-order valence-electron chi connectivity index (χ2n) is 7.57. The summed E-state index contributed by atoms with van der Waals surface area (Å²) in [4.78, 5) is 29.5. The number of carbonyl (C=O) groups excluding carboxylic acids is 2. The molecule has 4 unspecified atom stereocenters. The summed E-state index contributed by atoms with van der Waals surface area (Å²) in [6.45, 7) is 7.06. The summed E-state index contributed by atoms with van der Waals surface area (Å²) in [7, 11) is 0. The normalized spacial score (nSPS) is 35.4. The van der Waals surface area contributed by atoms with Gasteiger partial charge in [-0.05, 0) is 50.9 Å². The van der Waals surface area contributed by atoms with Crippen molar-refractivity contribution in [1.82, 2.24) is 9.80 Å². The first-order chi connectivity index (χ1) is 10.6. The van der Waals surface area contributed by atoms with E-state index in [2.05, 4.69) is 18.7 Å². The number of hydrogen-bond donors (Lipinski definition) is 0. The molecule has 0 N–H and O–H groups in total.